The Kier molecular flexibility index (Phi) is 3.16. The highest BCUT2D eigenvalue weighted by Gasteiger charge is 2.06. The van der Waals surface area contributed by atoms with E-state index >= 15 is 0 Å². The largest absolute Gasteiger partial charge is 0.366 e. The van der Waals surface area contributed by atoms with E-state index < -0.39 is 0 Å². The number of hydrogen-bond acceptors (Lipinski definition) is 4. The van der Waals surface area contributed by atoms with Crippen LogP contribution in [0.5, 0.6) is 0 Å². The van der Waals surface area contributed by atoms with Gasteiger partial charge in [0.05, 0.1) is 5.69 Å². The predicted molar refractivity (Wildman–Crippen MR) is 63.6 cm³/mol. The molecule has 0 atom stereocenters. The van der Waals surface area contributed by atoms with Crippen molar-refractivity contribution in [3.8, 4) is 0 Å². The SMILES string of the molecule is CN(c1cc[nH]c1)c1ccnc(CCN)n1. The van der Waals surface area contributed by atoms with Crippen molar-refractivity contribution in [1.82, 2.24) is 15.0 Å². The van der Waals surface area contributed by atoms with E-state index in [1.54, 1.807) is 6.20 Å². The van der Waals surface area contributed by atoms with Gasteiger partial charge in [0.25, 0.3) is 0 Å². The molecule has 0 spiro atoms. The highest BCUT2D eigenvalue weighted by atomic mass is 15.2. The molecule has 0 fully saturated rings. The minimum Gasteiger partial charge on any atom is -0.366 e. The summed E-state index contributed by atoms with van der Waals surface area (Å²) < 4.78 is 0. The summed E-state index contributed by atoms with van der Waals surface area (Å²) in [7, 11) is 1.97. The Balaban J connectivity index is 2.23. The average molecular weight is 217 g/mol. The molecule has 84 valence electrons. The van der Waals surface area contributed by atoms with Crippen LogP contribution < -0.4 is 10.6 Å². The first-order valence-electron chi connectivity index (χ1n) is 5.20. The lowest BCUT2D eigenvalue weighted by Gasteiger charge is -2.16. The molecule has 0 aliphatic heterocycles. The molecule has 2 heterocycles. The van der Waals surface area contributed by atoms with Gasteiger partial charge in [0.1, 0.15) is 11.6 Å². The summed E-state index contributed by atoms with van der Waals surface area (Å²) >= 11 is 0. The fraction of sp³-hybridized carbons (Fsp3) is 0.273. The second kappa shape index (κ2) is 4.76. The van der Waals surface area contributed by atoms with Crippen LogP contribution in [0.15, 0.2) is 30.7 Å². The molecular weight excluding hydrogens is 202 g/mol. The van der Waals surface area contributed by atoms with E-state index in [4.69, 9.17) is 5.73 Å². The van der Waals surface area contributed by atoms with Crippen LogP contribution in [0.2, 0.25) is 0 Å². The van der Waals surface area contributed by atoms with Crippen molar-refractivity contribution < 1.29 is 0 Å². The van der Waals surface area contributed by atoms with E-state index in [2.05, 4.69) is 15.0 Å². The number of aromatic nitrogens is 3. The van der Waals surface area contributed by atoms with Crippen LogP contribution in [0.25, 0.3) is 0 Å². The number of nitrogens with zero attached hydrogens (tertiary/aromatic N) is 3. The third-order valence-corrected chi connectivity index (χ3v) is 2.37. The lowest BCUT2D eigenvalue weighted by molar-refractivity contribution is 0.862. The van der Waals surface area contributed by atoms with Gasteiger partial charge in [0.2, 0.25) is 0 Å². The van der Waals surface area contributed by atoms with Gasteiger partial charge in [-0.2, -0.15) is 0 Å². The maximum atomic E-state index is 5.48. The van der Waals surface area contributed by atoms with Crippen LogP contribution in [-0.2, 0) is 6.42 Å². The molecule has 0 amide bonds. The van der Waals surface area contributed by atoms with Crippen molar-refractivity contribution in [2.75, 3.05) is 18.5 Å². The molecule has 0 saturated carbocycles. The van der Waals surface area contributed by atoms with Crippen LogP contribution in [0, 0.1) is 0 Å². The van der Waals surface area contributed by atoms with Gasteiger partial charge in [-0.25, -0.2) is 9.97 Å². The summed E-state index contributed by atoms with van der Waals surface area (Å²) in [5.41, 5.74) is 6.55. The molecule has 0 saturated heterocycles. The summed E-state index contributed by atoms with van der Waals surface area (Å²) in [6, 6.07) is 3.87. The van der Waals surface area contributed by atoms with Gasteiger partial charge in [-0.3, -0.25) is 0 Å². The van der Waals surface area contributed by atoms with Gasteiger partial charge >= 0.3 is 0 Å². The molecule has 3 N–H and O–H groups in total. The van der Waals surface area contributed by atoms with E-state index in [-0.39, 0.29) is 0 Å². The minimum atomic E-state index is 0.567. The quantitative estimate of drug-likeness (QED) is 0.803. The normalized spacial score (nSPS) is 10.4. The standard InChI is InChI=1S/C11H15N5/c1-16(9-3-6-13-8-9)11-4-7-14-10(15-11)2-5-12/h3-4,6-8,13H,2,5,12H2,1H3. The Morgan fingerprint density at radius 2 is 2.31 bits per heavy atom. The molecule has 2 aromatic heterocycles. The number of anilines is 2. The van der Waals surface area contributed by atoms with Crippen LogP contribution in [0.1, 0.15) is 5.82 Å². The average Bonchev–Trinajstić information content (AvgIpc) is 2.82. The number of aromatic amines is 1. The number of nitrogens with two attached hydrogens (primary N) is 1. The highest BCUT2D eigenvalue weighted by molar-refractivity contribution is 5.57. The summed E-state index contributed by atoms with van der Waals surface area (Å²) in [6.45, 7) is 0.567. The molecule has 5 heteroatoms. The van der Waals surface area contributed by atoms with Crippen molar-refractivity contribution >= 4 is 11.5 Å². The smallest absolute Gasteiger partial charge is 0.136 e. The molecule has 0 aromatic carbocycles. The molecule has 0 aliphatic rings. The van der Waals surface area contributed by atoms with Crippen molar-refractivity contribution in [3.63, 3.8) is 0 Å². The topological polar surface area (TPSA) is 70.8 Å². The summed E-state index contributed by atoms with van der Waals surface area (Å²) in [4.78, 5) is 13.6. The Bertz CT molecular complexity index is 437. The van der Waals surface area contributed by atoms with Crippen LogP contribution in [-0.4, -0.2) is 28.5 Å². The van der Waals surface area contributed by atoms with Gasteiger partial charge in [0.15, 0.2) is 0 Å². The summed E-state index contributed by atoms with van der Waals surface area (Å²) in [5.74, 6) is 1.65. The first-order valence-corrected chi connectivity index (χ1v) is 5.20. The Morgan fingerprint density at radius 3 is 3.00 bits per heavy atom. The molecule has 16 heavy (non-hydrogen) atoms. The van der Waals surface area contributed by atoms with Gasteiger partial charge in [-0.15, -0.1) is 0 Å². The van der Waals surface area contributed by atoms with E-state index in [0.717, 1.165) is 17.3 Å². The molecular formula is C11H15N5. The summed E-state index contributed by atoms with van der Waals surface area (Å²) in [6.07, 6.45) is 6.27. The first-order chi connectivity index (χ1) is 7.81. The lowest BCUT2D eigenvalue weighted by Crippen LogP contribution is -2.13. The number of hydrogen-bond donors (Lipinski definition) is 2. The first kappa shape index (κ1) is 10.6. The van der Waals surface area contributed by atoms with Gasteiger partial charge in [0, 0.05) is 32.1 Å². The lowest BCUT2D eigenvalue weighted by atomic mass is 10.4. The number of rotatable bonds is 4. The highest BCUT2D eigenvalue weighted by Crippen LogP contribution is 2.19. The van der Waals surface area contributed by atoms with E-state index in [0.29, 0.717) is 13.0 Å². The third kappa shape index (κ3) is 2.20. The van der Waals surface area contributed by atoms with Crippen LogP contribution >= 0.6 is 0 Å². The van der Waals surface area contributed by atoms with Crippen molar-refractivity contribution in [2.24, 2.45) is 5.73 Å². The van der Waals surface area contributed by atoms with E-state index in [1.807, 2.05) is 36.5 Å². The fourth-order valence-corrected chi connectivity index (χ4v) is 1.48. The molecule has 0 aliphatic carbocycles. The number of nitrogens with one attached hydrogen (secondary N) is 1. The predicted octanol–water partition coefficient (Wildman–Crippen LogP) is 1.07. The second-order valence-corrected chi connectivity index (χ2v) is 3.50. The Labute approximate surface area is 94.3 Å². The second-order valence-electron chi connectivity index (χ2n) is 3.50. The molecule has 5 nitrogen and oxygen atoms in total. The molecule has 0 unspecified atom stereocenters. The molecule has 0 radical (unpaired) electrons. The molecule has 2 rings (SSSR count). The summed E-state index contributed by atoms with van der Waals surface area (Å²) in [5, 5.41) is 0. The maximum absolute atomic E-state index is 5.48. The Hall–Kier alpha value is -1.88. The molecule has 0 bridgehead atoms. The van der Waals surface area contributed by atoms with Gasteiger partial charge in [-0.05, 0) is 18.7 Å². The minimum absolute atomic E-state index is 0.567. The third-order valence-electron chi connectivity index (χ3n) is 2.37. The van der Waals surface area contributed by atoms with Gasteiger partial charge < -0.3 is 15.6 Å². The van der Waals surface area contributed by atoms with E-state index in [9.17, 15) is 0 Å². The van der Waals surface area contributed by atoms with E-state index in [1.165, 1.54) is 0 Å². The fourth-order valence-electron chi connectivity index (χ4n) is 1.48. The zero-order chi connectivity index (χ0) is 11.4. The van der Waals surface area contributed by atoms with Crippen LogP contribution in [0.3, 0.4) is 0 Å². The monoisotopic (exact) mass is 217 g/mol. The van der Waals surface area contributed by atoms with Crippen molar-refractivity contribution in [1.29, 1.82) is 0 Å². The van der Waals surface area contributed by atoms with Crippen LogP contribution in [0.4, 0.5) is 11.5 Å². The van der Waals surface area contributed by atoms with Crippen molar-refractivity contribution in [2.45, 2.75) is 6.42 Å². The maximum Gasteiger partial charge on any atom is 0.136 e. The van der Waals surface area contributed by atoms with Gasteiger partial charge in [-0.1, -0.05) is 0 Å². The zero-order valence-electron chi connectivity index (χ0n) is 9.22. The molecule has 2 aromatic rings. The Morgan fingerprint density at radius 1 is 1.44 bits per heavy atom. The number of H-pyrrole nitrogens is 1. The van der Waals surface area contributed by atoms with Crippen molar-refractivity contribution in [3.05, 3.63) is 36.5 Å². The zero-order valence-corrected chi connectivity index (χ0v) is 9.22.